The second-order valence-corrected chi connectivity index (χ2v) is 7.76. The summed E-state index contributed by atoms with van der Waals surface area (Å²) in [4.78, 5) is 25.5. The summed E-state index contributed by atoms with van der Waals surface area (Å²) in [5, 5.41) is 9.76. The molecule has 0 spiro atoms. The maximum atomic E-state index is 12.4. The molecule has 1 heterocycles. The van der Waals surface area contributed by atoms with Crippen molar-refractivity contribution < 1.29 is 19.4 Å². The predicted octanol–water partition coefficient (Wildman–Crippen LogP) is 3.24. The molecule has 0 bridgehead atoms. The number of carboxylic acid groups (broad SMARTS) is 1. The third-order valence-electron chi connectivity index (χ3n) is 4.12. The molecule has 2 rings (SSSR count). The van der Waals surface area contributed by atoms with Crippen molar-refractivity contribution in [3.63, 3.8) is 0 Å². The molecule has 6 heteroatoms. The molecule has 0 saturated carbocycles. The van der Waals surface area contributed by atoms with E-state index < -0.39 is 17.6 Å². The summed E-state index contributed by atoms with van der Waals surface area (Å²) < 4.78 is 5.30. The highest BCUT2D eigenvalue weighted by Gasteiger charge is 2.51. The van der Waals surface area contributed by atoms with Crippen molar-refractivity contribution in [3.8, 4) is 0 Å². The van der Waals surface area contributed by atoms with Crippen LogP contribution in [0.2, 0.25) is 0 Å². The Balaban J connectivity index is 2.10. The lowest BCUT2D eigenvalue weighted by Gasteiger charge is -2.45. The largest absolute Gasteiger partial charge is 0.479 e. The number of carbonyl (C=O) groups is 2. The van der Waals surface area contributed by atoms with E-state index in [0.29, 0.717) is 12.2 Å². The SMILES string of the molecule is CN(C(=O)OCc1ccccc1)C1(C(=O)O)CSCC(C)(C)C1. The fourth-order valence-electron chi connectivity index (χ4n) is 2.88. The number of aliphatic carboxylic acids is 1. The smallest absolute Gasteiger partial charge is 0.410 e. The van der Waals surface area contributed by atoms with Gasteiger partial charge in [0, 0.05) is 12.8 Å². The van der Waals surface area contributed by atoms with Crippen molar-refractivity contribution in [3.05, 3.63) is 35.9 Å². The van der Waals surface area contributed by atoms with Crippen LogP contribution in [0.4, 0.5) is 4.79 Å². The van der Waals surface area contributed by atoms with Crippen LogP contribution < -0.4 is 0 Å². The second-order valence-electron chi connectivity index (χ2n) is 6.77. The van der Waals surface area contributed by atoms with Gasteiger partial charge in [-0.1, -0.05) is 44.2 Å². The average molecular weight is 337 g/mol. The maximum Gasteiger partial charge on any atom is 0.410 e. The van der Waals surface area contributed by atoms with Crippen LogP contribution in [0.5, 0.6) is 0 Å². The van der Waals surface area contributed by atoms with Crippen molar-refractivity contribution >= 4 is 23.8 Å². The van der Waals surface area contributed by atoms with Gasteiger partial charge in [-0.05, 0) is 23.2 Å². The topological polar surface area (TPSA) is 66.8 Å². The van der Waals surface area contributed by atoms with Gasteiger partial charge in [0.25, 0.3) is 0 Å². The summed E-state index contributed by atoms with van der Waals surface area (Å²) in [6.45, 7) is 4.19. The van der Waals surface area contributed by atoms with Gasteiger partial charge in [-0.15, -0.1) is 0 Å². The van der Waals surface area contributed by atoms with Crippen LogP contribution in [-0.4, -0.2) is 46.2 Å². The molecule has 0 radical (unpaired) electrons. The van der Waals surface area contributed by atoms with Crippen LogP contribution in [0, 0.1) is 5.41 Å². The van der Waals surface area contributed by atoms with E-state index in [1.165, 1.54) is 11.9 Å². The maximum absolute atomic E-state index is 12.4. The number of amides is 1. The van der Waals surface area contributed by atoms with Crippen LogP contribution >= 0.6 is 11.8 Å². The number of thioether (sulfide) groups is 1. The Labute approximate surface area is 141 Å². The van der Waals surface area contributed by atoms with E-state index in [2.05, 4.69) is 0 Å². The normalized spacial score (nSPS) is 23.1. The molecule has 126 valence electrons. The molecule has 1 fully saturated rings. The molecule has 1 saturated heterocycles. The number of rotatable bonds is 4. The van der Waals surface area contributed by atoms with Crippen LogP contribution in [0.15, 0.2) is 30.3 Å². The molecule has 1 aromatic carbocycles. The molecule has 1 amide bonds. The number of likely N-dealkylation sites (N-methyl/N-ethyl adjacent to an activating group) is 1. The molecular formula is C17H23NO4S. The highest BCUT2D eigenvalue weighted by Crippen LogP contribution is 2.42. The van der Waals surface area contributed by atoms with Gasteiger partial charge in [0.2, 0.25) is 0 Å². The van der Waals surface area contributed by atoms with Crippen molar-refractivity contribution in [2.75, 3.05) is 18.6 Å². The van der Waals surface area contributed by atoms with Crippen molar-refractivity contribution in [2.24, 2.45) is 5.41 Å². The minimum absolute atomic E-state index is 0.135. The Morgan fingerprint density at radius 1 is 1.26 bits per heavy atom. The van der Waals surface area contributed by atoms with Crippen molar-refractivity contribution in [1.82, 2.24) is 4.90 Å². The molecule has 1 atom stereocenters. The zero-order valence-electron chi connectivity index (χ0n) is 13.7. The average Bonchev–Trinajstić information content (AvgIpc) is 2.51. The first-order valence-corrected chi connectivity index (χ1v) is 8.68. The van der Waals surface area contributed by atoms with Gasteiger partial charge in [0.15, 0.2) is 5.54 Å². The summed E-state index contributed by atoms with van der Waals surface area (Å²) in [7, 11) is 1.52. The fourth-order valence-corrected chi connectivity index (χ4v) is 4.39. The van der Waals surface area contributed by atoms with E-state index in [1.807, 2.05) is 44.2 Å². The highest BCUT2D eigenvalue weighted by atomic mass is 32.2. The minimum Gasteiger partial charge on any atom is -0.479 e. The molecule has 0 aliphatic carbocycles. The number of carboxylic acids is 1. The van der Waals surface area contributed by atoms with Gasteiger partial charge in [-0.2, -0.15) is 11.8 Å². The molecule has 1 aliphatic heterocycles. The van der Waals surface area contributed by atoms with Crippen LogP contribution in [0.25, 0.3) is 0 Å². The first kappa shape index (κ1) is 17.7. The molecule has 1 aliphatic rings. The summed E-state index contributed by atoms with van der Waals surface area (Å²) in [6.07, 6.45) is -0.186. The van der Waals surface area contributed by atoms with Crippen molar-refractivity contribution in [1.29, 1.82) is 0 Å². The first-order valence-electron chi connectivity index (χ1n) is 7.52. The van der Waals surface area contributed by atoms with E-state index in [-0.39, 0.29) is 12.0 Å². The quantitative estimate of drug-likeness (QED) is 0.913. The Bertz CT molecular complexity index is 575. The van der Waals surface area contributed by atoms with Gasteiger partial charge in [-0.3, -0.25) is 4.90 Å². The van der Waals surface area contributed by atoms with E-state index in [4.69, 9.17) is 4.74 Å². The Kier molecular flexibility index (Phi) is 5.24. The summed E-state index contributed by atoms with van der Waals surface area (Å²) in [5.74, 6) is 0.286. The van der Waals surface area contributed by atoms with Crippen LogP contribution in [-0.2, 0) is 16.1 Å². The lowest BCUT2D eigenvalue weighted by Crippen LogP contribution is -2.61. The summed E-state index contributed by atoms with van der Waals surface area (Å²) >= 11 is 1.57. The van der Waals surface area contributed by atoms with Gasteiger partial charge in [0.05, 0.1) is 0 Å². The van der Waals surface area contributed by atoms with E-state index in [0.717, 1.165) is 11.3 Å². The number of carbonyl (C=O) groups excluding carboxylic acids is 1. The second kappa shape index (κ2) is 6.83. The fraction of sp³-hybridized carbons (Fsp3) is 0.529. The number of benzene rings is 1. The zero-order valence-corrected chi connectivity index (χ0v) is 14.6. The molecule has 5 nitrogen and oxygen atoms in total. The molecule has 23 heavy (non-hydrogen) atoms. The lowest BCUT2D eigenvalue weighted by molar-refractivity contribution is -0.150. The first-order chi connectivity index (χ1) is 10.8. The molecule has 1 N–H and O–H groups in total. The zero-order chi connectivity index (χ0) is 17.1. The number of nitrogens with zero attached hydrogens (tertiary/aromatic N) is 1. The summed E-state index contributed by atoms with van der Waals surface area (Å²) in [5.41, 5.74) is -0.493. The van der Waals surface area contributed by atoms with Crippen LogP contribution in [0.1, 0.15) is 25.8 Å². The molecular weight excluding hydrogens is 314 g/mol. The third kappa shape index (κ3) is 3.99. The number of hydrogen-bond donors (Lipinski definition) is 1. The monoisotopic (exact) mass is 337 g/mol. The van der Waals surface area contributed by atoms with E-state index in [9.17, 15) is 14.7 Å². The molecule has 1 unspecified atom stereocenters. The Morgan fingerprint density at radius 3 is 2.48 bits per heavy atom. The lowest BCUT2D eigenvalue weighted by atomic mass is 9.79. The van der Waals surface area contributed by atoms with E-state index >= 15 is 0 Å². The number of ether oxygens (including phenoxy) is 1. The number of hydrogen-bond acceptors (Lipinski definition) is 4. The standard InChI is InChI=1S/C17H23NO4S/c1-16(2)10-17(14(19)20,12-23-11-16)18(3)15(21)22-9-13-7-5-4-6-8-13/h4-8H,9-12H2,1-3H3,(H,19,20). The van der Waals surface area contributed by atoms with Crippen LogP contribution in [0.3, 0.4) is 0 Å². The van der Waals surface area contributed by atoms with Gasteiger partial charge in [-0.25, -0.2) is 9.59 Å². The van der Waals surface area contributed by atoms with E-state index in [1.54, 1.807) is 11.8 Å². The van der Waals surface area contributed by atoms with Gasteiger partial charge in [0.1, 0.15) is 6.61 Å². The minimum atomic E-state index is -1.22. The molecule has 1 aromatic rings. The predicted molar refractivity (Wildman–Crippen MR) is 90.5 cm³/mol. The third-order valence-corrected chi connectivity index (χ3v) is 5.79. The Hall–Kier alpha value is -1.69. The van der Waals surface area contributed by atoms with Gasteiger partial charge >= 0.3 is 12.1 Å². The molecule has 0 aromatic heterocycles. The van der Waals surface area contributed by atoms with Crippen molar-refractivity contribution in [2.45, 2.75) is 32.4 Å². The van der Waals surface area contributed by atoms with Gasteiger partial charge < -0.3 is 9.84 Å². The Morgan fingerprint density at radius 2 is 1.91 bits per heavy atom. The summed E-state index contributed by atoms with van der Waals surface area (Å²) in [6, 6.07) is 9.34. The highest BCUT2D eigenvalue weighted by molar-refractivity contribution is 7.99.